The van der Waals surface area contributed by atoms with Crippen molar-refractivity contribution in [3.63, 3.8) is 0 Å². The first-order valence-corrected chi connectivity index (χ1v) is 8.69. The number of hydrazone groups is 1. The normalized spacial score (nSPS) is 21.0. The highest BCUT2D eigenvalue weighted by Crippen LogP contribution is 2.48. The molecule has 130 valence electrons. The molecule has 0 amide bonds. The van der Waals surface area contributed by atoms with E-state index < -0.39 is 12.0 Å². The highest BCUT2D eigenvalue weighted by Gasteiger charge is 2.42. The van der Waals surface area contributed by atoms with Crippen LogP contribution in [0.25, 0.3) is 0 Å². The van der Waals surface area contributed by atoms with E-state index in [0.29, 0.717) is 23.0 Å². The first-order chi connectivity index (χ1) is 12.7. The van der Waals surface area contributed by atoms with E-state index in [9.17, 15) is 4.39 Å². The minimum atomic E-state index is -0.740. The third-order valence-corrected chi connectivity index (χ3v) is 5.08. The molecular weight excluding hydrogens is 355 g/mol. The average Bonchev–Trinajstić information content (AvgIpc) is 3.31. The largest absolute Gasteiger partial charge is 0.464 e. The van der Waals surface area contributed by atoms with Gasteiger partial charge in [-0.1, -0.05) is 35.9 Å². The lowest BCUT2D eigenvalue weighted by Gasteiger charge is -2.38. The van der Waals surface area contributed by atoms with Crippen LogP contribution in [0.15, 0.2) is 70.4 Å². The summed E-state index contributed by atoms with van der Waals surface area (Å²) in [7, 11) is 0. The zero-order valence-corrected chi connectivity index (χ0v) is 14.4. The van der Waals surface area contributed by atoms with Crippen LogP contribution < -0.4 is 4.74 Å². The van der Waals surface area contributed by atoms with E-state index in [1.165, 1.54) is 6.07 Å². The fourth-order valence-corrected chi connectivity index (χ4v) is 3.82. The molecule has 5 rings (SSSR count). The molecule has 0 spiro atoms. The first kappa shape index (κ1) is 15.5. The summed E-state index contributed by atoms with van der Waals surface area (Å²) in [4.78, 5) is 0. The first-order valence-electron chi connectivity index (χ1n) is 8.31. The summed E-state index contributed by atoms with van der Waals surface area (Å²) in [5, 5.41) is 6.79. The fourth-order valence-electron chi connectivity index (χ4n) is 3.56. The number of furan rings is 1. The molecule has 0 saturated carbocycles. The Morgan fingerprint density at radius 2 is 1.96 bits per heavy atom. The molecule has 3 aromatic rings. The van der Waals surface area contributed by atoms with Crippen molar-refractivity contribution in [1.82, 2.24) is 5.01 Å². The van der Waals surface area contributed by atoms with E-state index in [1.54, 1.807) is 23.4 Å². The molecule has 0 N–H and O–H groups in total. The molecule has 2 aliphatic heterocycles. The lowest BCUT2D eigenvalue weighted by Crippen LogP contribution is -2.34. The Bertz CT molecular complexity index is 983. The number of halogens is 2. The van der Waals surface area contributed by atoms with Crippen LogP contribution in [-0.4, -0.2) is 10.7 Å². The number of hydrogen-bond acceptors (Lipinski definition) is 4. The van der Waals surface area contributed by atoms with E-state index in [4.69, 9.17) is 25.9 Å². The van der Waals surface area contributed by atoms with E-state index in [-0.39, 0.29) is 11.6 Å². The Balaban J connectivity index is 1.66. The van der Waals surface area contributed by atoms with Gasteiger partial charge in [0.2, 0.25) is 6.23 Å². The predicted octanol–water partition coefficient (Wildman–Crippen LogP) is 5.31. The number of hydrogen-bond donors (Lipinski definition) is 0. The van der Waals surface area contributed by atoms with Gasteiger partial charge in [-0.15, -0.1) is 0 Å². The molecule has 2 aliphatic rings. The number of ether oxygens (including phenoxy) is 1. The topological polar surface area (TPSA) is 38.0 Å². The Morgan fingerprint density at radius 1 is 1.08 bits per heavy atom. The molecule has 0 radical (unpaired) electrons. The van der Waals surface area contributed by atoms with Crippen molar-refractivity contribution in [2.24, 2.45) is 5.10 Å². The number of rotatable bonds is 2. The summed E-state index contributed by atoms with van der Waals surface area (Å²) in [6.07, 6.45) is 1.53. The smallest absolute Gasteiger partial charge is 0.218 e. The highest BCUT2D eigenvalue weighted by molar-refractivity contribution is 6.31. The monoisotopic (exact) mass is 368 g/mol. The van der Waals surface area contributed by atoms with Crippen LogP contribution in [0.1, 0.15) is 35.6 Å². The fraction of sp³-hybridized carbons (Fsp3) is 0.150. The van der Waals surface area contributed by atoms with E-state index in [0.717, 1.165) is 11.3 Å². The maximum absolute atomic E-state index is 14.6. The third kappa shape index (κ3) is 2.31. The van der Waals surface area contributed by atoms with Crippen molar-refractivity contribution in [2.75, 3.05) is 0 Å². The van der Waals surface area contributed by atoms with Gasteiger partial charge in [0.25, 0.3) is 0 Å². The molecule has 2 aromatic carbocycles. The standard InChI is InChI=1S/C20H14ClFN2O2/c21-13-6-3-7-14(22)19(13)20-24-16(12-5-1-2-8-17(12)26-20)11-15(23-24)18-9-4-10-25-18/h1-10,16,20H,11H2. The summed E-state index contributed by atoms with van der Waals surface area (Å²) < 4.78 is 26.2. The molecule has 0 bridgehead atoms. The van der Waals surface area contributed by atoms with Gasteiger partial charge in [0.15, 0.2) is 0 Å². The minimum absolute atomic E-state index is 0.0688. The van der Waals surface area contributed by atoms with Crippen LogP contribution in [0.5, 0.6) is 5.75 Å². The maximum atomic E-state index is 14.6. The molecule has 4 nitrogen and oxygen atoms in total. The molecule has 0 fully saturated rings. The van der Waals surface area contributed by atoms with E-state index in [2.05, 4.69) is 0 Å². The molecule has 3 heterocycles. The van der Waals surface area contributed by atoms with Gasteiger partial charge in [-0.05, 0) is 30.3 Å². The number of para-hydroxylation sites is 1. The number of benzene rings is 2. The van der Waals surface area contributed by atoms with Crippen molar-refractivity contribution in [2.45, 2.75) is 18.7 Å². The lowest BCUT2D eigenvalue weighted by atomic mass is 9.97. The summed E-state index contributed by atoms with van der Waals surface area (Å²) in [6, 6.07) is 16.0. The molecule has 6 heteroatoms. The van der Waals surface area contributed by atoms with Crippen molar-refractivity contribution >= 4 is 17.3 Å². The molecule has 2 atom stereocenters. The zero-order valence-electron chi connectivity index (χ0n) is 13.6. The molecular formula is C20H14ClFN2O2. The zero-order chi connectivity index (χ0) is 17.7. The Hall–Kier alpha value is -2.79. The Kier molecular flexibility index (Phi) is 3.50. The van der Waals surface area contributed by atoms with Crippen LogP contribution in [-0.2, 0) is 0 Å². The Labute approximate surface area is 154 Å². The van der Waals surface area contributed by atoms with Crippen LogP contribution in [0.3, 0.4) is 0 Å². The third-order valence-electron chi connectivity index (χ3n) is 4.75. The molecule has 1 aromatic heterocycles. The summed E-state index contributed by atoms with van der Waals surface area (Å²) in [5.41, 5.74) is 2.11. The quantitative estimate of drug-likeness (QED) is 0.614. The van der Waals surface area contributed by atoms with Gasteiger partial charge >= 0.3 is 0 Å². The van der Waals surface area contributed by atoms with Gasteiger partial charge < -0.3 is 9.15 Å². The second kappa shape index (κ2) is 5.88. The van der Waals surface area contributed by atoms with E-state index in [1.807, 2.05) is 36.4 Å². The van der Waals surface area contributed by atoms with Crippen molar-refractivity contribution in [1.29, 1.82) is 0 Å². The van der Waals surface area contributed by atoms with Crippen molar-refractivity contribution < 1.29 is 13.5 Å². The molecule has 2 unspecified atom stereocenters. The molecule has 0 aliphatic carbocycles. The average molecular weight is 369 g/mol. The van der Waals surface area contributed by atoms with Crippen molar-refractivity contribution in [3.8, 4) is 5.75 Å². The summed E-state index contributed by atoms with van der Waals surface area (Å²) >= 11 is 6.30. The van der Waals surface area contributed by atoms with E-state index >= 15 is 0 Å². The van der Waals surface area contributed by atoms with Gasteiger partial charge in [0.1, 0.15) is 23.0 Å². The minimum Gasteiger partial charge on any atom is -0.464 e. The molecule has 26 heavy (non-hydrogen) atoms. The molecule has 0 saturated heterocycles. The van der Waals surface area contributed by atoms with Gasteiger partial charge in [-0.3, -0.25) is 0 Å². The highest BCUT2D eigenvalue weighted by atomic mass is 35.5. The summed E-state index contributed by atoms with van der Waals surface area (Å²) in [6.45, 7) is 0. The summed E-state index contributed by atoms with van der Waals surface area (Å²) in [5.74, 6) is 1.01. The second-order valence-electron chi connectivity index (χ2n) is 6.27. The van der Waals surface area contributed by atoms with Crippen LogP contribution in [0, 0.1) is 5.82 Å². The van der Waals surface area contributed by atoms with Crippen molar-refractivity contribution in [3.05, 3.63) is 88.6 Å². The number of nitrogens with zero attached hydrogens (tertiary/aromatic N) is 2. The van der Waals surface area contributed by atoms with Crippen LogP contribution in [0.4, 0.5) is 4.39 Å². The lowest BCUT2D eigenvalue weighted by molar-refractivity contribution is -0.0211. The van der Waals surface area contributed by atoms with Crippen LogP contribution in [0.2, 0.25) is 5.02 Å². The van der Waals surface area contributed by atoms with Gasteiger partial charge in [0.05, 0.1) is 22.9 Å². The predicted molar refractivity (Wildman–Crippen MR) is 95.7 cm³/mol. The van der Waals surface area contributed by atoms with Gasteiger partial charge in [-0.25, -0.2) is 9.40 Å². The SMILES string of the molecule is Fc1cccc(Cl)c1C1Oc2ccccc2C2CC(c3ccco3)=NN21. The number of fused-ring (bicyclic) bond motifs is 3. The second-order valence-corrected chi connectivity index (χ2v) is 6.67. The maximum Gasteiger partial charge on any atom is 0.218 e. The van der Waals surface area contributed by atoms with Gasteiger partial charge in [0, 0.05) is 12.0 Å². The Morgan fingerprint density at radius 3 is 2.77 bits per heavy atom. The van der Waals surface area contributed by atoms with Gasteiger partial charge in [-0.2, -0.15) is 5.10 Å². The van der Waals surface area contributed by atoms with Crippen LogP contribution >= 0.6 is 11.6 Å².